The summed E-state index contributed by atoms with van der Waals surface area (Å²) in [6.45, 7) is 2.27. The van der Waals surface area contributed by atoms with Crippen LogP contribution in [0.3, 0.4) is 0 Å². The van der Waals surface area contributed by atoms with Crippen LogP contribution in [0.15, 0.2) is 24.3 Å². The third-order valence-corrected chi connectivity index (χ3v) is 4.99. The molecule has 0 aromatic heterocycles. The maximum absolute atomic E-state index is 12.7. The number of rotatable bonds is 3. The number of aliphatic hydroxyl groups is 1. The highest BCUT2D eigenvalue weighted by molar-refractivity contribution is 5.98. The van der Waals surface area contributed by atoms with Crippen molar-refractivity contribution in [3.63, 3.8) is 0 Å². The number of piperazine rings is 1. The lowest BCUT2D eigenvalue weighted by atomic mass is 9.93. The molecule has 25 heavy (non-hydrogen) atoms. The molecule has 1 N–H and O–H groups in total. The van der Waals surface area contributed by atoms with Crippen LogP contribution in [0.4, 0.5) is 5.69 Å². The molecule has 2 aliphatic rings. The van der Waals surface area contributed by atoms with Gasteiger partial charge in [0.05, 0.1) is 19.1 Å². The third kappa shape index (κ3) is 3.77. The molecule has 0 saturated carbocycles. The lowest BCUT2D eigenvalue weighted by molar-refractivity contribution is -0.145. The molecule has 1 aromatic rings. The van der Waals surface area contributed by atoms with Gasteiger partial charge < -0.3 is 24.5 Å². The molecule has 0 unspecified atom stereocenters. The molecule has 0 bridgehead atoms. The summed E-state index contributed by atoms with van der Waals surface area (Å²) in [5.41, 5.74) is 0.772. The first kappa shape index (κ1) is 17.7. The highest BCUT2D eigenvalue weighted by atomic mass is 16.5. The van der Waals surface area contributed by atoms with E-state index in [1.165, 1.54) is 0 Å². The minimum Gasteiger partial charge on any atom is -0.497 e. The van der Waals surface area contributed by atoms with Gasteiger partial charge in [-0.2, -0.15) is 0 Å². The molecule has 7 heteroatoms. The summed E-state index contributed by atoms with van der Waals surface area (Å²) in [6, 6.07) is 7.34. The van der Waals surface area contributed by atoms with Gasteiger partial charge in [0.25, 0.3) is 0 Å². The van der Waals surface area contributed by atoms with E-state index in [-0.39, 0.29) is 18.4 Å². The van der Waals surface area contributed by atoms with Gasteiger partial charge in [-0.25, -0.2) is 0 Å². The minimum atomic E-state index is -0.629. The lowest BCUT2D eigenvalue weighted by Crippen LogP contribution is -2.57. The van der Waals surface area contributed by atoms with Crippen molar-refractivity contribution in [2.24, 2.45) is 5.92 Å². The van der Waals surface area contributed by atoms with Crippen molar-refractivity contribution < 1.29 is 19.4 Å². The second kappa shape index (κ2) is 7.41. The lowest BCUT2D eigenvalue weighted by Gasteiger charge is -2.39. The first-order chi connectivity index (χ1) is 12.0. The van der Waals surface area contributed by atoms with E-state index < -0.39 is 12.0 Å². The zero-order valence-electron chi connectivity index (χ0n) is 14.7. The fraction of sp³-hybridized carbons (Fsp3) is 0.556. The standard InChI is InChI=1S/C18H25N3O4/c1-19-7-6-16(22)15(11-19)18(24)20-8-9-21(17(23)12-20)13-4-3-5-14(10-13)25-2/h3-5,10,15-16,22H,6-9,11-12H2,1-2H3/t15-,16+/m1/s1. The smallest absolute Gasteiger partial charge is 0.246 e. The fourth-order valence-electron chi connectivity index (χ4n) is 3.49. The number of hydrogen-bond acceptors (Lipinski definition) is 5. The molecular formula is C18H25N3O4. The summed E-state index contributed by atoms with van der Waals surface area (Å²) in [4.78, 5) is 30.6. The number of nitrogens with zero attached hydrogens (tertiary/aromatic N) is 3. The van der Waals surface area contributed by atoms with Crippen molar-refractivity contribution in [1.82, 2.24) is 9.80 Å². The average Bonchev–Trinajstić information content (AvgIpc) is 2.63. The number of piperidine rings is 1. The van der Waals surface area contributed by atoms with Crippen LogP contribution in [0.2, 0.25) is 0 Å². The van der Waals surface area contributed by atoms with E-state index in [1.807, 2.05) is 36.2 Å². The van der Waals surface area contributed by atoms with Crippen molar-refractivity contribution in [3.8, 4) is 5.75 Å². The van der Waals surface area contributed by atoms with Crippen LogP contribution in [0.1, 0.15) is 6.42 Å². The number of benzene rings is 1. The Morgan fingerprint density at radius 3 is 2.80 bits per heavy atom. The topological polar surface area (TPSA) is 73.3 Å². The monoisotopic (exact) mass is 347 g/mol. The zero-order valence-corrected chi connectivity index (χ0v) is 14.7. The van der Waals surface area contributed by atoms with Crippen LogP contribution < -0.4 is 9.64 Å². The summed E-state index contributed by atoms with van der Waals surface area (Å²) in [5, 5.41) is 10.2. The molecule has 7 nitrogen and oxygen atoms in total. The van der Waals surface area contributed by atoms with Crippen LogP contribution in [-0.4, -0.2) is 79.7 Å². The molecule has 0 radical (unpaired) electrons. The van der Waals surface area contributed by atoms with Gasteiger partial charge in [-0.05, 0) is 25.6 Å². The Morgan fingerprint density at radius 2 is 2.08 bits per heavy atom. The van der Waals surface area contributed by atoms with Gasteiger partial charge in [-0.3, -0.25) is 9.59 Å². The normalized spacial score (nSPS) is 25.2. The summed E-state index contributed by atoms with van der Waals surface area (Å²) >= 11 is 0. The molecule has 136 valence electrons. The molecular weight excluding hydrogens is 322 g/mol. The van der Waals surface area contributed by atoms with Crippen LogP contribution in [-0.2, 0) is 9.59 Å². The van der Waals surface area contributed by atoms with Crippen molar-refractivity contribution >= 4 is 17.5 Å². The number of carbonyl (C=O) groups excluding carboxylic acids is 2. The Kier molecular flexibility index (Phi) is 5.24. The van der Waals surface area contributed by atoms with Crippen molar-refractivity contribution in [3.05, 3.63) is 24.3 Å². The Hall–Kier alpha value is -2.12. The highest BCUT2D eigenvalue weighted by Crippen LogP contribution is 2.24. The number of anilines is 1. The Morgan fingerprint density at radius 1 is 1.28 bits per heavy atom. The summed E-state index contributed by atoms with van der Waals surface area (Å²) < 4.78 is 5.21. The van der Waals surface area contributed by atoms with Crippen LogP contribution in [0, 0.1) is 5.92 Å². The molecule has 2 atom stereocenters. The quantitative estimate of drug-likeness (QED) is 0.845. The molecule has 2 saturated heterocycles. The van der Waals surface area contributed by atoms with E-state index in [9.17, 15) is 14.7 Å². The Bertz CT molecular complexity index is 651. The Balaban J connectivity index is 1.66. The molecule has 0 aliphatic carbocycles. The average molecular weight is 347 g/mol. The minimum absolute atomic E-state index is 0.0446. The van der Waals surface area contributed by atoms with Gasteiger partial charge in [0.2, 0.25) is 11.8 Å². The first-order valence-electron chi connectivity index (χ1n) is 8.59. The molecule has 2 aliphatic heterocycles. The second-order valence-corrected chi connectivity index (χ2v) is 6.73. The summed E-state index contributed by atoms with van der Waals surface area (Å²) in [7, 11) is 3.53. The maximum atomic E-state index is 12.7. The predicted octanol–water partition coefficient (Wildman–Crippen LogP) is 0.183. The zero-order chi connectivity index (χ0) is 18.0. The highest BCUT2D eigenvalue weighted by Gasteiger charge is 2.37. The van der Waals surface area contributed by atoms with Crippen LogP contribution in [0.5, 0.6) is 5.75 Å². The maximum Gasteiger partial charge on any atom is 0.246 e. The summed E-state index contributed by atoms with van der Waals surface area (Å²) in [5.74, 6) is -0.00344. The van der Waals surface area contributed by atoms with E-state index in [4.69, 9.17) is 4.74 Å². The first-order valence-corrected chi connectivity index (χ1v) is 8.59. The number of aliphatic hydroxyl groups excluding tert-OH is 1. The van der Waals surface area contributed by atoms with E-state index in [0.29, 0.717) is 31.8 Å². The van der Waals surface area contributed by atoms with E-state index >= 15 is 0 Å². The number of hydrogen-bond donors (Lipinski definition) is 1. The van der Waals surface area contributed by atoms with Crippen molar-refractivity contribution in [2.45, 2.75) is 12.5 Å². The number of methoxy groups -OCH3 is 1. The second-order valence-electron chi connectivity index (χ2n) is 6.73. The third-order valence-electron chi connectivity index (χ3n) is 4.99. The SMILES string of the molecule is COc1cccc(N2CCN(C(=O)[C@@H]3CN(C)CC[C@@H]3O)CC2=O)c1. The molecule has 2 heterocycles. The number of carbonyl (C=O) groups is 2. The predicted molar refractivity (Wildman–Crippen MR) is 93.5 cm³/mol. The largest absolute Gasteiger partial charge is 0.497 e. The molecule has 0 spiro atoms. The van der Waals surface area contributed by atoms with E-state index in [1.54, 1.807) is 16.9 Å². The van der Waals surface area contributed by atoms with Crippen LogP contribution >= 0.6 is 0 Å². The summed E-state index contributed by atoms with van der Waals surface area (Å²) in [6.07, 6.45) is -0.0415. The number of likely N-dealkylation sites (tertiary alicyclic amines) is 1. The molecule has 1 aromatic carbocycles. The van der Waals surface area contributed by atoms with Crippen molar-refractivity contribution in [1.29, 1.82) is 0 Å². The Labute approximate surface area is 147 Å². The van der Waals surface area contributed by atoms with Crippen molar-refractivity contribution in [2.75, 3.05) is 51.8 Å². The van der Waals surface area contributed by atoms with E-state index in [2.05, 4.69) is 0 Å². The van der Waals surface area contributed by atoms with Gasteiger partial charge in [0.1, 0.15) is 12.3 Å². The number of amides is 2. The number of ether oxygens (including phenoxy) is 1. The van der Waals surface area contributed by atoms with Gasteiger partial charge in [0.15, 0.2) is 0 Å². The van der Waals surface area contributed by atoms with Gasteiger partial charge >= 0.3 is 0 Å². The molecule has 2 amide bonds. The van der Waals surface area contributed by atoms with Crippen LogP contribution in [0.25, 0.3) is 0 Å². The van der Waals surface area contributed by atoms with Gasteiger partial charge in [-0.1, -0.05) is 6.07 Å². The van der Waals surface area contributed by atoms with Gasteiger partial charge in [0, 0.05) is 37.9 Å². The van der Waals surface area contributed by atoms with E-state index in [0.717, 1.165) is 12.2 Å². The fourth-order valence-corrected chi connectivity index (χ4v) is 3.49. The molecule has 3 rings (SSSR count). The van der Waals surface area contributed by atoms with Gasteiger partial charge in [-0.15, -0.1) is 0 Å². The molecule has 2 fully saturated rings.